The van der Waals surface area contributed by atoms with E-state index >= 15 is 0 Å². The molecule has 2 bridgehead atoms. The maximum atomic E-state index is 13.1. The SMILES string of the molecule is O=C(NN=CC1CC2CC1C(C(F)(F)F)C2)c1cccc2ccccc12. The van der Waals surface area contributed by atoms with Crippen molar-refractivity contribution < 1.29 is 18.0 Å². The summed E-state index contributed by atoms with van der Waals surface area (Å²) in [6.07, 6.45) is -1.06. The van der Waals surface area contributed by atoms with Crippen LogP contribution < -0.4 is 5.43 Å². The molecule has 136 valence electrons. The highest BCUT2D eigenvalue weighted by atomic mass is 19.4. The molecule has 1 N–H and O–H groups in total. The third kappa shape index (κ3) is 3.08. The first-order valence-electron chi connectivity index (χ1n) is 8.81. The van der Waals surface area contributed by atoms with Crippen molar-refractivity contribution in [1.29, 1.82) is 0 Å². The van der Waals surface area contributed by atoms with Crippen LogP contribution in [0.5, 0.6) is 0 Å². The third-order valence-corrected chi connectivity index (χ3v) is 5.75. The Bertz CT molecular complexity index is 856. The second kappa shape index (κ2) is 6.41. The van der Waals surface area contributed by atoms with E-state index in [0.29, 0.717) is 12.0 Å². The Morgan fingerprint density at radius 2 is 1.85 bits per heavy atom. The van der Waals surface area contributed by atoms with Crippen molar-refractivity contribution in [3.63, 3.8) is 0 Å². The van der Waals surface area contributed by atoms with Gasteiger partial charge in [-0.2, -0.15) is 18.3 Å². The molecule has 4 unspecified atom stereocenters. The van der Waals surface area contributed by atoms with Gasteiger partial charge in [-0.05, 0) is 53.9 Å². The zero-order valence-corrected chi connectivity index (χ0v) is 14.0. The van der Waals surface area contributed by atoms with Gasteiger partial charge in [-0.25, -0.2) is 5.43 Å². The minimum atomic E-state index is -4.14. The topological polar surface area (TPSA) is 41.5 Å². The second-order valence-corrected chi connectivity index (χ2v) is 7.29. The zero-order valence-electron chi connectivity index (χ0n) is 14.0. The highest BCUT2D eigenvalue weighted by molar-refractivity contribution is 6.07. The maximum absolute atomic E-state index is 13.1. The maximum Gasteiger partial charge on any atom is 0.392 e. The minimum Gasteiger partial charge on any atom is -0.267 e. The summed E-state index contributed by atoms with van der Waals surface area (Å²) in [4.78, 5) is 12.4. The first-order chi connectivity index (χ1) is 12.4. The van der Waals surface area contributed by atoms with Gasteiger partial charge in [-0.3, -0.25) is 4.79 Å². The Morgan fingerprint density at radius 1 is 1.08 bits per heavy atom. The Kier molecular flexibility index (Phi) is 4.21. The third-order valence-electron chi connectivity index (χ3n) is 5.75. The molecule has 4 atom stereocenters. The summed E-state index contributed by atoms with van der Waals surface area (Å²) in [6.45, 7) is 0. The fourth-order valence-corrected chi connectivity index (χ4v) is 4.63. The van der Waals surface area contributed by atoms with Gasteiger partial charge in [0.2, 0.25) is 0 Å². The molecule has 0 aliphatic heterocycles. The number of hydrogen-bond donors (Lipinski definition) is 1. The lowest BCUT2D eigenvalue weighted by Crippen LogP contribution is -2.33. The summed E-state index contributed by atoms with van der Waals surface area (Å²) >= 11 is 0. The molecule has 3 nitrogen and oxygen atoms in total. The van der Waals surface area contributed by atoms with Crippen molar-refractivity contribution >= 4 is 22.9 Å². The lowest BCUT2D eigenvalue weighted by molar-refractivity contribution is -0.189. The van der Waals surface area contributed by atoms with Crippen LogP contribution in [0.3, 0.4) is 0 Å². The quantitative estimate of drug-likeness (QED) is 0.621. The van der Waals surface area contributed by atoms with Gasteiger partial charge in [0.15, 0.2) is 0 Å². The molecule has 4 rings (SSSR count). The van der Waals surface area contributed by atoms with E-state index in [-0.39, 0.29) is 24.2 Å². The lowest BCUT2D eigenvalue weighted by Gasteiger charge is -2.28. The van der Waals surface area contributed by atoms with Crippen LogP contribution in [-0.2, 0) is 0 Å². The van der Waals surface area contributed by atoms with Gasteiger partial charge < -0.3 is 0 Å². The van der Waals surface area contributed by atoms with Crippen LogP contribution in [0.2, 0.25) is 0 Å². The predicted octanol–water partition coefficient (Wildman–Crippen LogP) is 4.78. The van der Waals surface area contributed by atoms with Gasteiger partial charge in [-0.15, -0.1) is 0 Å². The van der Waals surface area contributed by atoms with Crippen LogP contribution >= 0.6 is 0 Å². The van der Waals surface area contributed by atoms with Crippen LogP contribution in [0, 0.1) is 23.7 Å². The van der Waals surface area contributed by atoms with Crippen molar-refractivity contribution in [2.75, 3.05) is 0 Å². The molecule has 2 aliphatic rings. The highest BCUT2D eigenvalue weighted by Gasteiger charge is 2.56. The summed E-state index contributed by atoms with van der Waals surface area (Å²) in [5, 5.41) is 5.75. The van der Waals surface area contributed by atoms with E-state index in [0.717, 1.165) is 17.2 Å². The number of rotatable bonds is 3. The Morgan fingerprint density at radius 3 is 2.62 bits per heavy atom. The molecule has 0 spiro atoms. The number of nitrogens with zero attached hydrogens (tertiary/aromatic N) is 1. The van der Waals surface area contributed by atoms with E-state index in [1.54, 1.807) is 12.1 Å². The number of amides is 1. The monoisotopic (exact) mass is 360 g/mol. The summed E-state index contributed by atoms with van der Waals surface area (Å²) in [7, 11) is 0. The van der Waals surface area contributed by atoms with Crippen molar-refractivity contribution in [3.05, 3.63) is 48.0 Å². The minimum absolute atomic E-state index is 0.122. The predicted molar refractivity (Wildman–Crippen MR) is 93.8 cm³/mol. The molecule has 0 saturated heterocycles. The fourth-order valence-electron chi connectivity index (χ4n) is 4.63. The Labute approximate surface area is 149 Å². The molecule has 2 aromatic rings. The number of benzene rings is 2. The standard InChI is InChI=1S/C20H19F3N2O/c21-20(22,23)18-10-12-8-14(17(18)9-12)11-24-25-19(26)16-7-3-5-13-4-1-2-6-15(13)16/h1-7,11-12,14,17-18H,8-10H2,(H,25,26). The Balaban J connectivity index is 1.45. The molecule has 0 radical (unpaired) electrons. The first kappa shape index (κ1) is 17.1. The van der Waals surface area contributed by atoms with Crippen molar-refractivity contribution in [2.45, 2.75) is 25.4 Å². The van der Waals surface area contributed by atoms with E-state index < -0.39 is 18.0 Å². The summed E-state index contributed by atoms with van der Waals surface area (Å²) < 4.78 is 39.3. The van der Waals surface area contributed by atoms with E-state index in [1.807, 2.05) is 30.3 Å². The van der Waals surface area contributed by atoms with Crippen LogP contribution in [0.15, 0.2) is 47.6 Å². The lowest BCUT2D eigenvalue weighted by atomic mass is 9.81. The summed E-state index contributed by atoms with van der Waals surface area (Å²) in [6, 6.07) is 13.0. The molecule has 2 fully saturated rings. The van der Waals surface area contributed by atoms with Crippen LogP contribution in [0.4, 0.5) is 13.2 Å². The van der Waals surface area contributed by atoms with Gasteiger partial charge in [0.05, 0.1) is 5.92 Å². The van der Waals surface area contributed by atoms with Gasteiger partial charge in [0.1, 0.15) is 0 Å². The average molecular weight is 360 g/mol. The second-order valence-electron chi connectivity index (χ2n) is 7.29. The molecule has 1 amide bonds. The van der Waals surface area contributed by atoms with Crippen LogP contribution in [-0.4, -0.2) is 18.3 Å². The number of carbonyl (C=O) groups is 1. The molecular weight excluding hydrogens is 341 g/mol. The highest BCUT2D eigenvalue weighted by Crippen LogP contribution is 2.56. The average Bonchev–Trinajstić information content (AvgIpc) is 3.21. The first-order valence-corrected chi connectivity index (χ1v) is 8.81. The number of carbonyl (C=O) groups excluding carboxylic acids is 1. The summed E-state index contributed by atoms with van der Waals surface area (Å²) in [5.74, 6) is -2.08. The molecular formula is C20H19F3N2O. The molecule has 2 saturated carbocycles. The summed E-state index contributed by atoms with van der Waals surface area (Å²) in [5.41, 5.74) is 2.98. The number of hydrogen-bond acceptors (Lipinski definition) is 2. The number of fused-ring (bicyclic) bond motifs is 3. The van der Waals surface area contributed by atoms with Crippen LogP contribution in [0.1, 0.15) is 29.6 Å². The smallest absolute Gasteiger partial charge is 0.267 e. The van der Waals surface area contributed by atoms with E-state index in [1.165, 1.54) is 6.21 Å². The van der Waals surface area contributed by atoms with E-state index in [4.69, 9.17) is 0 Å². The fraction of sp³-hybridized carbons (Fsp3) is 0.400. The van der Waals surface area contributed by atoms with Crippen molar-refractivity contribution in [2.24, 2.45) is 28.8 Å². The molecule has 26 heavy (non-hydrogen) atoms. The largest absolute Gasteiger partial charge is 0.392 e. The van der Waals surface area contributed by atoms with E-state index in [9.17, 15) is 18.0 Å². The van der Waals surface area contributed by atoms with Crippen LogP contribution in [0.25, 0.3) is 10.8 Å². The number of halogens is 3. The number of alkyl halides is 3. The van der Waals surface area contributed by atoms with Gasteiger partial charge in [0, 0.05) is 11.8 Å². The zero-order chi connectivity index (χ0) is 18.3. The normalized spacial score (nSPS) is 28.1. The molecule has 0 aromatic heterocycles. The number of hydrazone groups is 1. The van der Waals surface area contributed by atoms with Gasteiger partial charge in [0.25, 0.3) is 5.91 Å². The molecule has 6 heteroatoms. The van der Waals surface area contributed by atoms with Crippen molar-refractivity contribution in [1.82, 2.24) is 5.43 Å². The van der Waals surface area contributed by atoms with Crippen molar-refractivity contribution in [3.8, 4) is 0 Å². The molecule has 0 heterocycles. The molecule has 2 aliphatic carbocycles. The van der Waals surface area contributed by atoms with E-state index in [2.05, 4.69) is 10.5 Å². The van der Waals surface area contributed by atoms with Gasteiger partial charge >= 0.3 is 6.18 Å². The number of nitrogens with one attached hydrogen (secondary N) is 1. The molecule has 2 aromatic carbocycles. The Hall–Kier alpha value is -2.37. The van der Waals surface area contributed by atoms with Gasteiger partial charge in [-0.1, -0.05) is 36.4 Å².